The van der Waals surface area contributed by atoms with Crippen LogP contribution in [0.4, 0.5) is 13.2 Å². The van der Waals surface area contributed by atoms with Crippen molar-refractivity contribution in [2.24, 2.45) is 4.99 Å². The van der Waals surface area contributed by atoms with Crippen molar-refractivity contribution in [1.82, 2.24) is 15.1 Å². The van der Waals surface area contributed by atoms with Crippen LogP contribution >= 0.6 is 24.0 Å². The number of nitrogens with zero attached hydrogens (tertiary/aromatic N) is 3. The standard InChI is InChI=1S/C18H27F3N4O.HI/c1-5-22-17(24(4)13-16(26)25(6-2)7-3)23-12-14-8-10-15(11-9-14)18(19,20)21;/h8-11H,5-7,12-13H2,1-4H3,(H,22,23);1H. The van der Waals surface area contributed by atoms with Gasteiger partial charge in [-0.25, -0.2) is 4.99 Å². The summed E-state index contributed by atoms with van der Waals surface area (Å²) in [5, 5.41) is 3.09. The molecule has 1 aromatic rings. The van der Waals surface area contributed by atoms with Gasteiger partial charge in [-0.3, -0.25) is 4.79 Å². The number of guanidine groups is 1. The van der Waals surface area contributed by atoms with Gasteiger partial charge in [0.15, 0.2) is 5.96 Å². The van der Waals surface area contributed by atoms with Gasteiger partial charge in [0.2, 0.25) is 5.91 Å². The monoisotopic (exact) mass is 500 g/mol. The molecule has 0 saturated heterocycles. The summed E-state index contributed by atoms with van der Waals surface area (Å²) < 4.78 is 37.8. The Morgan fingerprint density at radius 3 is 2.11 bits per heavy atom. The summed E-state index contributed by atoms with van der Waals surface area (Å²) in [5.74, 6) is 0.533. The van der Waals surface area contributed by atoms with Crippen LogP contribution < -0.4 is 5.32 Å². The summed E-state index contributed by atoms with van der Waals surface area (Å²) in [5.41, 5.74) is -0.0176. The number of rotatable bonds is 7. The van der Waals surface area contributed by atoms with E-state index in [2.05, 4.69) is 10.3 Å². The number of benzene rings is 1. The number of nitrogens with one attached hydrogen (secondary N) is 1. The smallest absolute Gasteiger partial charge is 0.357 e. The molecule has 0 radical (unpaired) electrons. The van der Waals surface area contributed by atoms with Crippen molar-refractivity contribution < 1.29 is 18.0 Å². The lowest BCUT2D eigenvalue weighted by molar-refractivity contribution is -0.137. The van der Waals surface area contributed by atoms with E-state index in [1.807, 2.05) is 20.8 Å². The van der Waals surface area contributed by atoms with E-state index in [4.69, 9.17) is 0 Å². The van der Waals surface area contributed by atoms with Gasteiger partial charge in [-0.1, -0.05) is 12.1 Å². The average Bonchev–Trinajstić information content (AvgIpc) is 2.59. The van der Waals surface area contributed by atoms with Crippen molar-refractivity contribution in [3.8, 4) is 0 Å². The third-order valence-electron chi connectivity index (χ3n) is 3.88. The molecule has 0 atom stereocenters. The van der Waals surface area contributed by atoms with Crippen LogP contribution in [-0.4, -0.2) is 54.9 Å². The molecule has 0 heterocycles. The molecule has 27 heavy (non-hydrogen) atoms. The highest BCUT2D eigenvalue weighted by atomic mass is 127. The van der Waals surface area contributed by atoms with Crippen molar-refractivity contribution in [1.29, 1.82) is 0 Å². The Balaban J connectivity index is 0.00000676. The molecular formula is C18H28F3IN4O. The molecular weight excluding hydrogens is 472 g/mol. The number of hydrogen-bond acceptors (Lipinski definition) is 2. The number of aliphatic imine (C=N–C) groups is 1. The fourth-order valence-electron chi connectivity index (χ4n) is 2.39. The van der Waals surface area contributed by atoms with E-state index in [0.29, 0.717) is 31.2 Å². The number of carbonyl (C=O) groups excluding carboxylic acids is 1. The molecule has 0 aliphatic carbocycles. The predicted molar refractivity (Wildman–Crippen MR) is 112 cm³/mol. The molecule has 154 valence electrons. The van der Waals surface area contributed by atoms with E-state index >= 15 is 0 Å². The molecule has 5 nitrogen and oxygen atoms in total. The zero-order valence-corrected chi connectivity index (χ0v) is 18.5. The lowest BCUT2D eigenvalue weighted by Gasteiger charge is -2.25. The maximum absolute atomic E-state index is 12.6. The minimum Gasteiger partial charge on any atom is -0.357 e. The second-order valence-corrected chi connectivity index (χ2v) is 5.79. The first-order chi connectivity index (χ1) is 12.2. The van der Waals surface area contributed by atoms with Crippen molar-refractivity contribution in [2.45, 2.75) is 33.5 Å². The van der Waals surface area contributed by atoms with E-state index < -0.39 is 11.7 Å². The summed E-state index contributed by atoms with van der Waals surface area (Å²) in [4.78, 5) is 20.1. The Morgan fingerprint density at radius 2 is 1.67 bits per heavy atom. The first-order valence-corrected chi connectivity index (χ1v) is 8.66. The van der Waals surface area contributed by atoms with Gasteiger partial charge in [0.1, 0.15) is 0 Å². The quantitative estimate of drug-likeness (QED) is 0.354. The van der Waals surface area contributed by atoms with Crippen LogP contribution in [0.15, 0.2) is 29.3 Å². The molecule has 0 spiro atoms. The maximum Gasteiger partial charge on any atom is 0.416 e. The highest BCUT2D eigenvalue weighted by Gasteiger charge is 2.29. The number of alkyl halides is 3. The maximum atomic E-state index is 12.6. The second-order valence-electron chi connectivity index (χ2n) is 5.79. The van der Waals surface area contributed by atoms with Gasteiger partial charge in [-0.2, -0.15) is 13.2 Å². The van der Waals surface area contributed by atoms with Crippen molar-refractivity contribution in [2.75, 3.05) is 33.2 Å². The number of carbonyl (C=O) groups is 1. The molecule has 0 aromatic heterocycles. The molecule has 0 unspecified atom stereocenters. The molecule has 9 heteroatoms. The zero-order chi connectivity index (χ0) is 19.7. The SMILES string of the molecule is CCNC(=NCc1ccc(C(F)(F)F)cc1)N(C)CC(=O)N(CC)CC.I. The summed E-state index contributed by atoms with van der Waals surface area (Å²) in [6.07, 6.45) is -4.35. The van der Waals surface area contributed by atoms with E-state index in [-0.39, 0.29) is 43.0 Å². The van der Waals surface area contributed by atoms with Gasteiger partial charge < -0.3 is 15.1 Å². The van der Waals surface area contributed by atoms with Crippen LogP contribution in [0, 0.1) is 0 Å². The van der Waals surface area contributed by atoms with Crippen LogP contribution in [0.5, 0.6) is 0 Å². The number of likely N-dealkylation sites (N-methyl/N-ethyl adjacent to an activating group) is 2. The largest absolute Gasteiger partial charge is 0.416 e. The van der Waals surface area contributed by atoms with E-state index in [9.17, 15) is 18.0 Å². The molecule has 0 fully saturated rings. The van der Waals surface area contributed by atoms with Crippen LogP contribution in [0.2, 0.25) is 0 Å². The van der Waals surface area contributed by atoms with Crippen LogP contribution in [0.3, 0.4) is 0 Å². The van der Waals surface area contributed by atoms with Gasteiger partial charge in [0.25, 0.3) is 0 Å². The Bertz CT molecular complexity index is 602. The third-order valence-corrected chi connectivity index (χ3v) is 3.88. The summed E-state index contributed by atoms with van der Waals surface area (Å²) >= 11 is 0. The first-order valence-electron chi connectivity index (χ1n) is 8.66. The van der Waals surface area contributed by atoms with E-state index in [1.165, 1.54) is 12.1 Å². The zero-order valence-electron chi connectivity index (χ0n) is 16.1. The fraction of sp³-hybridized carbons (Fsp3) is 0.556. The summed E-state index contributed by atoms with van der Waals surface area (Å²) in [6.45, 7) is 8.07. The van der Waals surface area contributed by atoms with Gasteiger partial charge in [0, 0.05) is 26.7 Å². The molecule has 1 N–H and O–H groups in total. The normalized spacial score (nSPS) is 11.6. The number of amides is 1. The predicted octanol–water partition coefficient (Wildman–Crippen LogP) is 3.59. The Morgan fingerprint density at radius 1 is 1.11 bits per heavy atom. The van der Waals surface area contributed by atoms with E-state index in [1.54, 1.807) is 16.8 Å². The highest BCUT2D eigenvalue weighted by Crippen LogP contribution is 2.29. The van der Waals surface area contributed by atoms with Gasteiger partial charge >= 0.3 is 6.18 Å². The second kappa shape index (κ2) is 12.0. The fourth-order valence-corrected chi connectivity index (χ4v) is 2.39. The molecule has 0 saturated carbocycles. The van der Waals surface area contributed by atoms with Gasteiger partial charge in [0.05, 0.1) is 18.7 Å². The van der Waals surface area contributed by atoms with Gasteiger partial charge in [-0.05, 0) is 38.5 Å². The molecule has 1 amide bonds. The summed E-state index contributed by atoms with van der Waals surface area (Å²) in [6, 6.07) is 4.92. The minimum absolute atomic E-state index is 0. The van der Waals surface area contributed by atoms with Crippen molar-refractivity contribution in [3.05, 3.63) is 35.4 Å². The molecule has 1 aromatic carbocycles. The van der Waals surface area contributed by atoms with Crippen molar-refractivity contribution in [3.63, 3.8) is 0 Å². The van der Waals surface area contributed by atoms with Crippen LogP contribution in [-0.2, 0) is 17.5 Å². The molecule has 0 aliphatic rings. The first kappa shape index (κ1) is 25.5. The lowest BCUT2D eigenvalue weighted by Crippen LogP contribution is -2.45. The van der Waals surface area contributed by atoms with Crippen LogP contribution in [0.1, 0.15) is 31.9 Å². The Labute approximate surface area is 176 Å². The minimum atomic E-state index is -4.35. The van der Waals surface area contributed by atoms with E-state index in [0.717, 1.165) is 12.1 Å². The Kier molecular flexibility index (Phi) is 11.4. The van der Waals surface area contributed by atoms with Gasteiger partial charge in [-0.15, -0.1) is 24.0 Å². The topological polar surface area (TPSA) is 47.9 Å². The molecule has 0 bridgehead atoms. The van der Waals surface area contributed by atoms with Crippen molar-refractivity contribution >= 4 is 35.8 Å². The summed E-state index contributed by atoms with van der Waals surface area (Å²) in [7, 11) is 1.76. The number of halogens is 4. The number of hydrogen-bond donors (Lipinski definition) is 1. The van der Waals surface area contributed by atoms with Crippen LogP contribution in [0.25, 0.3) is 0 Å². The molecule has 0 aliphatic heterocycles. The highest BCUT2D eigenvalue weighted by molar-refractivity contribution is 14.0. The lowest BCUT2D eigenvalue weighted by atomic mass is 10.1. The third kappa shape index (κ3) is 8.35. The average molecular weight is 500 g/mol. The molecule has 1 rings (SSSR count). The Hall–Kier alpha value is -1.52.